The number of nitrogens with zero attached hydrogens (tertiary/aromatic N) is 2. The molecule has 0 saturated carbocycles. The number of esters is 1. The Balaban J connectivity index is 2.87. The number of hydrogen-bond donors (Lipinski definition) is 1. The number of likely N-dealkylation sites (N-methyl/N-ethyl adjacent to an activating group) is 1. The Morgan fingerprint density at radius 1 is 1.35 bits per heavy atom. The van der Waals surface area contributed by atoms with Gasteiger partial charge in [0.25, 0.3) is 5.91 Å². The number of hydrogen-bond acceptors (Lipinski definition) is 4. The Labute approximate surface area is 119 Å². The third kappa shape index (κ3) is 4.01. The quantitative estimate of drug-likeness (QED) is 0.768. The monoisotopic (exact) mass is 281 g/mol. The molecule has 0 aliphatic carbocycles. The molecule has 1 aromatic heterocycles. The number of aryl methyl sites for hydroxylation is 1. The summed E-state index contributed by atoms with van der Waals surface area (Å²) >= 11 is 0. The summed E-state index contributed by atoms with van der Waals surface area (Å²) in [6, 6.07) is 1.64. The highest BCUT2D eigenvalue weighted by Crippen LogP contribution is 2.14. The lowest BCUT2D eigenvalue weighted by Crippen LogP contribution is -2.37. The summed E-state index contributed by atoms with van der Waals surface area (Å²) in [5.74, 6) is -0.602. The second-order valence-corrected chi connectivity index (χ2v) is 4.48. The normalized spacial score (nSPS) is 10.3. The van der Waals surface area contributed by atoms with Crippen LogP contribution in [0.3, 0.4) is 0 Å². The zero-order valence-electron chi connectivity index (χ0n) is 12.4. The van der Waals surface area contributed by atoms with Crippen LogP contribution in [0.15, 0.2) is 12.3 Å². The van der Waals surface area contributed by atoms with Gasteiger partial charge in [-0.3, -0.25) is 9.59 Å². The van der Waals surface area contributed by atoms with Gasteiger partial charge < -0.3 is 19.9 Å². The molecule has 1 amide bonds. The fourth-order valence-electron chi connectivity index (χ4n) is 1.99. The Kier molecular flexibility index (Phi) is 6.09. The zero-order chi connectivity index (χ0) is 15.1. The van der Waals surface area contributed by atoms with Crippen LogP contribution < -0.4 is 5.73 Å². The molecule has 0 unspecified atom stereocenters. The molecule has 1 aromatic rings. The molecule has 0 radical (unpaired) electrons. The number of ether oxygens (including phenoxy) is 1. The predicted octanol–water partition coefficient (Wildman–Crippen LogP) is 1.51. The molecule has 20 heavy (non-hydrogen) atoms. The van der Waals surface area contributed by atoms with E-state index in [2.05, 4.69) is 0 Å². The van der Waals surface area contributed by atoms with E-state index in [0.29, 0.717) is 24.5 Å². The number of carbonyl (C=O) groups excluding carboxylic acids is 2. The average molecular weight is 281 g/mol. The van der Waals surface area contributed by atoms with E-state index in [1.165, 1.54) is 4.90 Å². The first-order valence-corrected chi connectivity index (χ1v) is 6.93. The van der Waals surface area contributed by atoms with Crippen LogP contribution in [0.4, 0.5) is 5.69 Å². The Hall–Kier alpha value is -1.98. The van der Waals surface area contributed by atoms with E-state index in [1.807, 2.05) is 18.4 Å². The SMILES string of the molecule is CCCn1cc(N)cc1C(=O)N(CC)CC(=O)OCC. The fourth-order valence-corrected chi connectivity index (χ4v) is 1.99. The minimum Gasteiger partial charge on any atom is -0.465 e. The van der Waals surface area contributed by atoms with Gasteiger partial charge in [-0.2, -0.15) is 0 Å². The first kappa shape index (κ1) is 16.1. The van der Waals surface area contributed by atoms with Crippen LogP contribution in [-0.4, -0.2) is 41.0 Å². The summed E-state index contributed by atoms with van der Waals surface area (Å²) in [6.07, 6.45) is 2.65. The van der Waals surface area contributed by atoms with Crippen LogP contribution in [0.5, 0.6) is 0 Å². The topological polar surface area (TPSA) is 77.6 Å². The van der Waals surface area contributed by atoms with Crippen molar-refractivity contribution in [2.75, 3.05) is 25.4 Å². The molecule has 0 atom stereocenters. The van der Waals surface area contributed by atoms with E-state index in [9.17, 15) is 9.59 Å². The molecule has 0 bridgehead atoms. The Bertz CT molecular complexity index is 468. The highest BCUT2D eigenvalue weighted by molar-refractivity contribution is 5.95. The molecule has 0 aliphatic rings. The highest BCUT2D eigenvalue weighted by Gasteiger charge is 2.21. The number of nitrogen functional groups attached to an aromatic ring is 1. The zero-order valence-corrected chi connectivity index (χ0v) is 12.4. The van der Waals surface area contributed by atoms with E-state index in [-0.39, 0.29) is 12.5 Å². The van der Waals surface area contributed by atoms with E-state index in [4.69, 9.17) is 10.5 Å². The van der Waals surface area contributed by atoms with Crippen LogP contribution in [0.1, 0.15) is 37.7 Å². The number of amides is 1. The third-order valence-corrected chi connectivity index (χ3v) is 2.90. The van der Waals surface area contributed by atoms with E-state index in [0.717, 1.165) is 13.0 Å². The third-order valence-electron chi connectivity index (χ3n) is 2.90. The maximum absolute atomic E-state index is 12.5. The van der Waals surface area contributed by atoms with Gasteiger partial charge in [0.1, 0.15) is 12.2 Å². The number of carbonyl (C=O) groups is 2. The van der Waals surface area contributed by atoms with Crippen molar-refractivity contribution in [1.82, 2.24) is 9.47 Å². The summed E-state index contributed by atoms with van der Waals surface area (Å²) in [7, 11) is 0. The van der Waals surface area contributed by atoms with Gasteiger partial charge in [-0.05, 0) is 26.3 Å². The molecule has 0 saturated heterocycles. The summed E-state index contributed by atoms with van der Waals surface area (Å²) in [5.41, 5.74) is 6.81. The Morgan fingerprint density at radius 3 is 2.60 bits per heavy atom. The lowest BCUT2D eigenvalue weighted by atomic mass is 10.3. The lowest BCUT2D eigenvalue weighted by molar-refractivity contribution is -0.143. The van der Waals surface area contributed by atoms with Crippen molar-refractivity contribution in [1.29, 1.82) is 0 Å². The van der Waals surface area contributed by atoms with Crippen molar-refractivity contribution in [2.45, 2.75) is 33.7 Å². The molecular weight excluding hydrogens is 258 g/mol. The van der Waals surface area contributed by atoms with Crippen molar-refractivity contribution >= 4 is 17.6 Å². The second kappa shape index (κ2) is 7.57. The van der Waals surface area contributed by atoms with Gasteiger partial charge in [0, 0.05) is 19.3 Å². The first-order chi connectivity index (χ1) is 9.53. The highest BCUT2D eigenvalue weighted by atomic mass is 16.5. The summed E-state index contributed by atoms with van der Waals surface area (Å²) < 4.78 is 6.70. The van der Waals surface area contributed by atoms with E-state index < -0.39 is 5.97 Å². The predicted molar refractivity (Wildman–Crippen MR) is 77.3 cm³/mol. The van der Waals surface area contributed by atoms with Crippen LogP contribution in [-0.2, 0) is 16.1 Å². The van der Waals surface area contributed by atoms with E-state index in [1.54, 1.807) is 19.2 Å². The van der Waals surface area contributed by atoms with Gasteiger partial charge in [-0.15, -0.1) is 0 Å². The molecule has 0 fully saturated rings. The molecule has 0 aromatic carbocycles. The molecular formula is C14H23N3O3. The minimum atomic E-state index is -0.399. The largest absolute Gasteiger partial charge is 0.465 e. The number of rotatable bonds is 7. The molecule has 6 heteroatoms. The maximum atomic E-state index is 12.5. The van der Waals surface area contributed by atoms with Crippen LogP contribution in [0, 0.1) is 0 Å². The minimum absolute atomic E-state index is 0.0413. The smallest absolute Gasteiger partial charge is 0.325 e. The molecule has 0 aliphatic heterocycles. The standard InChI is InChI=1S/C14H23N3O3/c1-4-7-17-9-11(15)8-12(17)14(19)16(5-2)10-13(18)20-6-3/h8-9H,4-7,10,15H2,1-3H3. The fraction of sp³-hybridized carbons (Fsp3) is 0.571. The molecule has 112 valence electrons. The summed E-state index contributed by atoms with van der Waals surface area (Å²) in [5, 5.41) is 0. The van der Waals surface area contributed by atoms with Crippen molar-refractivity contribution in [3.8, 4) is 0 Å². The van der Waals surface area contributed by atoms with Gasteiger partial charge in [-0.1, -0.05) is 6.92 Å². The van der Waals surface area contributed by atoms with Crippen LogP contribution in [0.25, 0.3) is 0 Å². The number of anilines is 1. The first-order valence-electron chi connectivity index (χ1n) is 6.93. The molecule has 2 N–H and O–H groups in total. The van der Waals surface area contributed by atoms with Crippen LogP contribution in [0.2, 0.25) is 0 Å². The maximum Gasteiger partial charge on any atom is 0.325 e. The molecule has 6 nitrogen and oxygen atoms in total. The van der Waals surface area contributed by atoms with Crippen molar-refractivity contribution in [3.05, 3.63) is 18.0 Å². The van der Waals surface area contributed by atoms with Gasteiger partial charge in [0.2, 0.25) is 0 Å². The van der Waals surface area contributed by atoms with Crippen LogP contribution >= 0.6 is 0 Å². The average Bonchev–Trinajstić information content (AvgIpc) is 2.77. The molecule has 1 heterocycles. The summed E-state index contributed by atoms with van der Waals surface area (Å²) in [6.45, 7) is 7.02. The Morgan fingerprint density at radius 2 is 2.05 bits per heavy atom. The van der Waals surface area contributed by atoms with Gasteiger partial charge >= 0.3 is 5.97 Å². The van der Waals surface area contributed by atoms with Crippen molar-refractivity contribution < 1.29 is 14.3 Å². The second-order valence-electron chi connectivity index (χ2n) is 4.48. The van der Waals surface area contributed by atoms with Gasteiger partial charge in [-0.25, -0.2) is 0 Å². The van der Waals surface area contributed by atoms with Crippen molar-refractivity contribution in [2.24, 2.45) is 0 Å². The molecule has 0 spiro atoms. The van der Waals surface area contributed by atoms with E-state index >= 15 is 0 Å². The molecule has 1 rings (SSSR count). The van der Waals surface area contributed by atoms with Gasteiger partial charge in [0.15, 0.2) is 0 Å². The lowest BCUT2D eigenvalue weighted by Gasteiger charge is -2.20. The van der Waals surface area contributed by atoms with Crippen molar-refractivity contribution in [3.63, 3.8) is 0 Å². The van der Waals surface area contributed by atoms with Gasteiger partial charge in [0.05, 0.1) is 12.3 Å². The number of aromatic nitrogens is 1. The number of nitrogens with two attached hydrogens (primary N) is 1. The summed E-state index contributed by atoms with van der Waals surface area (Å²) in [4.78, 5) is 25.4.